The normalized spacial score (nSPS) is 17.8. The molecule has 0 aliphatic carbocycles. The molecule has 174 valence electrons. The van der Waals surface area contributed by atoms with Gasteiger partial charge in [0.05, 0.1) is 6.54 Å². The maximum absolute atomic E-state index is 12.5. The van der Waals surface area contributed by atoms with Crippen molar-refractivity contribution in [2.75, 3.05) is 39.8 Å². The topological polar surface area (TPSA) is 60.0 Å². The molecule has 31 heavy (non-hydrogen) atoms. The first-order chi connectivity index (χ1) is 14.5. The van der Waals surface area contributed by atoms with E-state index in [1.165, 1.54) is 11.1 Å². The van der Waals surface area contributed by atoms with Crippen LogP contribution in [0.2, 0.25) is 0 Å². The van der Waals surface area contributed by atoms with E-state index in [4.69, 9.17) is 0 Å². The van der Waals surface area contributed by atoms with Crippen LogP contribution in [0.25, 0.3) is 0 Å². The monoisotopic (exact) mass is 549 g/mol. The van der Waals surface area contributed by atoms with Gasteiger partial charge in [0.2, 0.25) is 5.91 Å². The molecular weight excluding hydrogens is 515 g/mol. The fraction of sp³-hybridized carbons (Fsp3) is 0.636. The van der Waals surface area contributed by atoms with E-state index < -0.39 is 6.43 Å². The lowest BCUT2D eigenvalue weighted by molar-refractivity contribution is -0.132. The summed E-state index contributed by atoms with van der Waals surface area (Å²) in [4.78, 5) is 20.5. The lowest BCUT2D eigenvalue weighted by atomic mass is 9.99. The number of rotatable bonds is 7. The third kappa shape index (κ3) is 8.17. The molecule has 0 radical (unpaired) electrons. The summed E-state index contributed by atoms with van der Waals surface area (Å²) in [5.41, 5.74) is 2.59. The molecule has 1 saturated heterocycles. The van der Waals surface area contributed by atoms with E-state index in [-0.39, 0.29) is 42.5 Å². The van der Waals surface area contributed by atoms with Crippen LogP contribution in [0, 0.1) is 0 Å². The number of hydrogen-bond donors (Lipinski definition) is 2. The molecule has 0 aromatic heterocycles. The molecule has 6 nitrogen and oxygen atoms in total. The lowest BCUT2D eigenvalue weighted by Crippen LogP contribution is -2.49. The van der Waals surface area contributed by atoms with Gasteiger partial charge in [-0.1, -0.05) is 24.3 Å². The van der Waals surface area contributed by atoms with Gasteiger partial charge in [-0.3, -0.25) is 14.7 Å². The highest BCUT2D eigenvalue weighted by Crippen LogP contribution is 2.19. The van der Waals surface area contributed by atoms with E-state index in [9.17, 15) is 13.6 Å². The van der Waals surface area contributed by atoms with Crippen molar-refractivity contribution in [3.05, 3.63) is 35.4 Å². The Bertz CT molecular complexity index is 726. The van der Waals surface area contributed by atoms with Crippen LogP contribution < -0.4 is 10.6 Å². The molecule has 0 spiro atoms. The number of guanidine groups is 1. The summed E-state index contributed by atoms with van der Waals surface area (Å²) in [7, 11) is 1.72. The fourth-order valence-corrected chi connectivity index (χ4v) is 4.16. The first-order valence-electron chi connectivity index (χ1n) is 10.9. The third-order valence-electron chi connectivity index (χ3n) is 5.89. The van der Waals surface area contributed by atoms with Crippen LogP contribution >= 0.6 is 24.0 Å². The molecule has 9 heteroatoms. The van der Waals surface area contributed by atoms with E-state index in [1.54, 1.807) is 7.05 Å². The maximum atomic E-state index is 12.5. The Hall–Kier alpha value is -1.49. The standard InChI is InChI=1S/C22H33F2N5O.HI/c1-25-22(27-19-9-12-28(13-10-19)16-20(23)24)26-11-4-7-21(30)29-14-8-17-5-2-3-6-18(17)15-29;/h2-3,5-6,19-20H,4,7-16H2,1H3,(H2,25,26,27);1H. The van der Waals surface area contributed by atoms with Crippen LogP contribution in [0.4, 0.5) is 8.78 Å². The number of aliphatic imine (C=N–C) groups is 1. The average Bonchev–Trinajstić information content (AvgIpc) is 2.76. The predicted molar refractivity (Wildman–Crippen MR) is 130 cm³/mol. The fourth-order valence-electron chi connectivity index (χ4n) is 4.16. The number of hydrogen-bond acceptors (Lipinski definition) is 3. The lowest BCUT2D eigenvalue weighted by Gasteiger charge is -2.32. The molecule has 1 amide bonds. The van der Waals surface area contributed by atoms with Crippen molar-refractivity contribution in [1.82, 2.24) is 20.4 Å². The van der Waals surface area contributed by atoms with Gasteiger partial charge < -0.3 is 15.5 Å². The number of carbonyl (C=O) groups excluding carboxylic acids is 1. The Kier molecular flexibility index (Phi) is 10.9. The number of fused-ring (bicyclic) bond motifs is 1. The van der Waals surface area contributed by atoms with Gasteiger partial charge >= 0.3 is 0 Å². The van der Waals surface area contributed by atoms with E-state index in [1.807, 2.05) is 15.9 Å². The summed E-state index contributed by atoms with van der Waals surface area (Å²) >= 11 is 0. The largest absolute Gasteiger partial charge is 0.356 e. The Morgan fingerprint density at radius 1 is 1.19 bits per heavy atom. The molecule has 1 fully saturated rings. The zero-order chi connectivity index (χ0) is 21.3. The Morgan fingerprint density at radius 3 is 2.58 bits per heavy atom. The van der Waals surface area contributed by atoms with Crippen molar-refractivity contribution in [2.24, 2.45) is 4.99 Å². The van der Waals surface area contributed by atoms with Gasteiger partial charge in [-0.2, -0.15) is 0 Å². The van der Waals surface area contributed by atoms with Crippen LogP contribution in [-0.4, -0.2) is 73.9 Å². The van der Waals surface area contributed by atoms with Gasteiger partial charge in [0.15, 0.2) is 5.96 Å². The van der Waals surface area contributed by atoms with Crippen molar-refractivity contribution < 1.29 is 13.6 Å². The molecule has 2 N–H and O–H groups in total. The van der Waals surface area contributed by atoms with Crippen molar-refractivity contribution >= 4 is 35.8 Å². The van der Waals surface area contributed by atoms with Gasteiger partial charge in [0, 0.05) is 52.2 Å². The zero-order valence-electron chi connectivity index (χ0n) is 18.2. The minimum Gasteiger partial charge on any atom is -0.356 e. The zero-order valence-corrected chi connectivity index (χ0v) is 20.5. The number of halogens is 3. The van der Waals surface area contributed by atoms with Crippen molar-refractivity contribution in [2.45, 2.75) is 51.1 Å². The van der Waals surface area contributed by atoms with E-state index in [2.05, 4.69) is 33.8 Å². The third-order valence-corrected chi connectivity index (χ3v) is 5.89. The second-order valence-electron chi connectivity index (χ2n) is 8.05. The Morgan fingerprint density at radius 2 is 1.90 bits per heavy atom. The van der Waals surface area contributed by atoms with Crippen LogP contribution in [0.3, 0.4) is 0 Å². The summed E-state index contributed by atoms with van der Waals surface area (Å²) in [6, 6.07) is 8.56. The van der Waals surface area contributed by atoms with Crippen LogP contribution in [0.5, 0.6) is 0 Å². The number of alkyl halides is 2. The molecule has 3 rings (SSSR count). The highest BCUT2D eigenvalue weighted by atomic mass is 127. The highest BCUT2D eigenvalue weighted by molar-refractivity contribution is 14.0. The summed E-state index contributed by atoms with van der Waals surface area (Å²) in [5, 5.41) is 6.64. The highest BCUT2D eigenvalue weighted by Gasteiger charge is 2.22. The average molecular weight is 549 g/mol. The molecule has 2 aliphatic heterocycles. The number of nitrogens with one attached hydrogen (secondary N) is 2. The van der Waals surface area contributed by atoms with E-state index in [0.717, 1.165) is 32.2 Å². The van der Waals surface area contributed by atoms with Crippen molar-refractivity contribution in [3.63, 3.8) is 0 Å². The molecular formula is C22H34F2IN5O. The Balaban J connectivity index is 0.00000341. The van der Waals surface area contributed by atoms with E-state index in [0.29, 0.717) is 38.6 Å². The number of piperidine rings is 1. The van der Waals surface area contributed by atoms with Gasteiger partial charge in [0.1, 0.15) is 0 Å². The summed E-state index contributed by atoms with van der Waals surface area (Å²) in [6.07, 6.45) is 1.55. The summed E-state index contributed by atoms with van der Waals surface area (Å²) in [6.45, 7) is 3.36. The quantitative estimate of drug-likeness (QED) is 0.238. The molecule has 2 heterocycles. The first-order valence-corrected chi connectivity index (χ1v) is 10.9. The number of nitrogens with zero attached hydrogens (tertiary/aromatic N) is 3. The summed E-state index contributed by atoms with van der Waals surface area (Å²) in [5.74, 6) is 0.905. The number of benzene rings is 1. The first kappa shape index (κ1) is 25.8. The van der Waals surface area contributed by atoms with Crippen LogP contribution in [0.15, 0.2) is 29.3 Å². The SMILES string of the molecule is CN=C(NCCCC(=O)N1CCc2ccccc2C1)NC1CCN(CC(F)F)CC1.I. The van der Waals surface area contributed by atoms with Gasteiger partial charge in [0.25, 0.3) is 6.43 Å². The van der Waals surface area contributed by atoms with Crippen LogP contribution in [0.1, 0.15) is 36.8 Å². The number of likely N-dealkylation sites (tertiary alicyclic amines) is 1. The number of amides is 1. The number of carbonyl (C=O) groups is 1. The van der Waals surface area contributed by atoms with Gasteiger partial charge in [-0.15, -0.1) is 24.0 Å². The molecule has 0 unspecified atom stereocenters. The molecule has 0 saturated carbocycles. The van der Waals surface area contributed by atoms with Gasteiger partial charge in [-0.05, 0) is 36.8 Å². The predicted octanol–water partition coefficient (Wildman–Crippen LogP) is 2.86. The minimum atomic E-state index is -2.27. The maximum Gasteiger partial charge on any atom is 0.251 e. The molecule has 1 aromatic carbocycles. The van der Waals surface area contributed by atoms with E-state index >= 15 is 0 Å². The second kappa shape index (κ2) is 13.1. The van der Waals surface area contributed by atoms with Crippen molar-refractivity contribution in [1.29, 1.82) is 0 Å². The van der Waals surface area contributed by atoms with Gasteiger partial charge in [-0.25, -0.2) is 8.78 Å². The van der Waals surface area contributed by atoms with Crippen molar-refractivity contribution in [3.8, 4) is 0 Å². The summed E-state index contributed by atoms with van der Waals surface area (Å²) < 4.78 is 25.0. The molecule has 0 bridgehead atoms. The molecule has 2 aliphatic rings. The van der Waals surface area contributed by atoms with Crippen LogP contribution in [-0.2, 0) is 17.8 Å². The minimum absolute atomic E-state index is 0. The molecule has 1 aromatic rings. The molecule has 0 atom stereocenters. The second-order valence-corrected chi connectivity index (χ2v) is 8.05. The Labute approximate surface area is 200 Å². The smallest absolute Gasteiger partial charge is 0.251 e.